The molecule has 2 aliphatic heterocycles. The van der Waals surface area contributed by atoms with Crippen molar-refractivity contribution in [1.82, 2.24) is 19.9 Å². The molecule has 0 fully saturated rings. The molecular weight excluding hydrogens is 1100 g/mol. The van der Waals surface area contributed by atoms with Crippen LogP contribution in [0.15, 0.2) is 122 Å². The van der Waals surface area contributed by atoms with E-state index in [2.05, 4.69) is 192 Å². The summed E-state index contributed by atoms with van der Waals surface area (Å²) in [7, 11) is 0. The minimum atomic E-state index is 0. The average Bonchev–Trinajstić information content (AvgIpc) is 2.53. The fraction of sp³-hybridized carbons (Fsp3) is 0.444. The van der Waals surface area contributed by atoms with Crippen molar-refractivity contribution in [3.63, 3.8) is 0 Å². The molecule has 446 valence electrons. The van der Waals surface area contributed by atoms with Crippen LogP contribution in [-0.4, -0.2) is 62.8 Å². The van der Waals surface area contributed by atoms with Crippen LogP contribution in [0.5, 0.6) is 0 Å². The van der Waals surface area contributed by atoms with Crippen molar-refractivity contribution >= 4 is 46.4 Å². The zero-order valence-electron chi connectivity index (χ0n) is 51.2. The summed E-state index contributed by atoms with van der Waals surface area (Å²) in [6, 6.07) is 34.3. The maximum absolute atomic E-state index is 6.30. The molecular formula is C72H92MnN8O4+5. The van der Waals surface area contributed by atoms with E-state index in [1.165, 1.54) is 77.0 Å². The number of aromatic nitrogens is 8. The number of hydrogen-bond acceptors (Lipinski definition) is 6. The van der Waals surface area contributed by atoms with E-state index in [1.807, 2.05) is 0 Å². The first-order chi connectivity index (χ1) is 41.6. The third-order valence-corrected chi connectivity index (χ3v) is 15.9. The van der Waals surface area contributed by atoms with Gasteiger partial charge in [-0.05, 0) is 74.3 Å². The Morgan fingerprint density at radius 1 is 0.306 bits per heavy atom. The molecule has 13 heteroatoms. The van der Waals surface area contributed by atoms with Crippen LogP contribution in [0.4, 0.5) is 0 Å². The van der Waals surface area contributed by atoms with Crippen molar-refractivity contribution in [3.8, 4) is 45.0 Å². The first kappa shape index (κ1) is 64.6. The van der Waals surface area contributed by atoms with Crippen LogP contribution >= 0.6 is 0 Å². The Balaban J connectivity index is 0.00000940. The smallest absolute Gasteiger partial charge is 0.656 e. The molecule has 0 N–H and O–H groups in total. The van der Waals surface area contributed by atoms with Crippen LogP contribution < -0.4 is 28.2 Å². The number of ether oxygens (including phenoxy) is 4. The predicted octanol–water partition coefficient (Wildman–Crippen LogP) is 14.1. The number of rotatable bonds is 36. The standard InChI is InChI=1S/C72H92N8O4.Mn/c1-5-9-13-25-49-81-53-45-77-41-21-17-29-65(77)69-57-33-35-59(73-57)70(66-30-18-22-42-78(66)46-54-82-50-26-14-10-6-2)61-37-39-63(75-61)72(68-32-20-24-44-80(68)48-56-84-52-28-16-12-8-4)64-40-38-62(76-64)71(60-36-34-58(69)74-60)67-31-19-23-43-79(67)47-55-83-51-27-15-11-7-3;/h17-24,29-44H,5-16,25-28,45-56H2,1-4H3;/q+2;+3. The maximum Gasteiger partial charge on any atom is 3.00 e. The van der Waals surface area contributed by atoms with E-state index < -0.39 is 0 Å². The van der Waals surface area contributed by atoms with Gasteiger partial charge in [0.15, 0.2) is 51.0 Å². The number of nitrogens with zero attached hydrogens (tertiary/aromatic N) is 8. The first-order valence-electron chi connectivity index (χ1n) is 31.9. The Morgan fingerprint density at radius 2 is 0.553 bits per heavy atom. The number of hydrogen-bond donors (Lipinski definition) is 0. The molecule has 0 unspecified atom stereocenters. The Morgan fingerprint density at radius 3 is 0.788 bits per heavy atom. The molecule has 0 aromatic carbocycles. The van der Waals surface area contributed by atoms with Gasteiger partial charge in [0.2, 0.25) is 22.8 Å². The fourth-order valence-electron chi connectivity index (χ4n) is 11.3. The van der Waals surface area contributed by atoms with Crippen LogP contribution in [-0.2, 0) is 62.2 Å². The second-order valence-corrected chi connectivity index (χ2v) is 22.2. The predicted molar refractivity (Wildman–Crippen MR) is 339 cm³/mol. The number of pyridine rings is 4. The molecule has 9 heterocycles. The van der Waals surface area contributed by atoms with E-state index in [9.17, 15) is 0 Å². The van der Waals surface area contributed by atoms with Crippen molar-refractivity contribution in [2.24, 2.45) is 0 Å². The summed E-state index contributed by atoms with van der Waals surface area (Å²) in [6.45, 7) is 17.0. The molecule has 12 nitrogen and oxygen atoms in total. The van der Waals surface area contributed by atoms with Crippen LogP contribution in [0.1, 0.15) is 153 Å². The molecule has 0 aliphatic carbocycles. The summed E-state index contributed by atoms with van der Waals surface area (Å²) in [6.07, 6.45) is 36.0. The monoisotopic (exact) mass is 1190 g/mol. The summed E-state index contributed by atoms with van der Waals surface area (Å²) in [5, 5.41) is 0. The van der Waals surface area contributed by atoms with Gasteiger partial charge >= 0.3 is 17.1 Å². The van der Waals surface area contributed by atoms with Crippen molar-refractivity contribution in [2.75, 3.05) is 52.9 Å². The Bertz CT molecular complexity index is 2990. The van der Waals surface area contributed by atoms with E-state index in [0.717, 1.165) is 142 Å². The summed E-state index contributed by atoms with van der Waals surface area (Å²) in [4.78, 5) is 22.8. The largest absolute Gasteiger partial charge is 3.00 e. The zero-order valence-corrected chi connectivity index (χ0v) is 52.4. The van der Waals surface area contributed by atoms with E-state index >= 15 is 0 Å². The van der Waals surface area contributed by atoms with Gasteiger partial charge in [-0.1, -0.05) is 129 Å². The van der Waals surface area contributed by atoms with Crippen LogP contribution in [0.3, 0.4) is 0 Å². The van der Waals surface area contributed by atoms with Crippen molar-refractivity contribution in [1.29, 1.82) is 0 Å². The molecule has 0 saturated heterocycles. The van der Waals surface area contributed by atoms with Gasteiger partial charge in [-0.25, -0.2) is 9.97 Å². The third kappa shape index (κ3) is 17.8. The van der Waals surface area contributed by atoms with Gasteiger partial charge < -0.3 is 28.9 Å². The molecule has 8 bridgehead atoms. The van der Waals surface area contributed by atoms with Crippen LogP contribution in [0.25, 0.3) is 91.4 Å². The molecule has 85 heavy (non-hydrogen) atoms. The Hall–Kier alpha value is -6.44. The second kappa shape index (κ2) is 35.3. The maximum atomic E-state index is 6.30. The quantitative estimate of drug-likeness (QED) is 0.0217. The number of fused-ring (bicyclic) bond motifs is 8. The Labute approximate surface area is 516 Å². The van der Waals surface area contributed by atoms with Gasteiger partial charge in [0.05, 0.1) is 45.0 Å². The zero-order chi connectivity index (χ0) is 58.0. The Kier molecular flexibility index (Phi) is 26.8. The minimum Gasteiger partial charge on any atom is -0.656 e. The summed E-state index contributed by atoms with van der Waals surface area (Å²) in [5.74, 6) is 0. The molecule has 0 atom stereocenters. The summed E-state index contributed by atoms with van der Waals surface area (Å²) in [5.41, 5.74) is 14.2. The molecule has 7 aromatic rings. The minimum absolute atomic E-state index is 0. The average molecular weight is 1190 g/mol. The van der Waals surface area contributed by atoms with Gasteiger partial charge in [-0.15, -0.1) is 22.1 Å². The van der Waals surface area contributed by atoms with Gasteiger partial charge in [-0.2, -0.15) is 18.3 Å². The van der Waals surface area contributed by atoms with Gasteiger partial charge in [-0.3, -0.25) is 0 Å². The summed E-state index contributed by atoms with van der Waals surface area (Å²) >= 11 is 0. The van der Waals surface area contributed by atoms with E-state index in [4.69, 9.17) is 38.9 Å². The second-order valence-electron chi connectivity index (χ2n) is 22.2. The van der Waals surface area contributed by atoms with Crippen LogP contribution in [0, 0.1) is 0 Å². The van der Waals surface area contributed by atoms with E-state index in [0.29, 0.717) is 52.6 Å². The molecule has 0 radical (unpaired) electrons. The number of unbranched alkanes of at least 4 members (excludes halogenated alkanes) is 12. The summed E-state index contributed by atoms with van der Waals surface area (Å²) < 4.78 is 34.4. The fourth-order valence-corrected chi connectivity index (χ4v) is 11.3. The van der Waals surface area contributed by atoms with Gasteiger partial charge in [0.25, 0.3) is 0 Å². The van der Waals surface area contributed by atoms with E-state index in [-0.39, 0.29) is 17.1 Å². The van der Waals surface area contributed by atoms with Crippen molar-refractivity contribution in [2.45, 2.75) is 157 Å². The van der Waals surface area contributed by atoms with Crippen molar-refractivity contribution in [3.05, 3.63) is 145 Å². The molecule has 7 aromatic heterocycles. The molecule has 0 spiro atoms. The molecule has 9 rings (SSSR count). The molecule has 0 amide bonds. The molecule has 2 aliphatic rings. The van der Waals surface area contributed by atoms with Gasteiger partial charge in [0, 0.05) is 75.0 Å². The normalized spacial score (nSPS) is 11.9. The van der Waals surface area contributed by atoms with E-state index in [1.54, 1.807) is 0 Å². The molecule has 0 saturated carbocycles. The van der Waals surface area contributed by atoms with Gasteiger partial charge in [0.1, 0.15) is 26.4 Å². The third-order valence-electron chi connectivity index (χ3n) is 15.9. The SMILES string of the molecule is CCCCCCOCC[n+]1ccccc1-c1c2nc(c(-c3cccc[n+]3CCOCCCCCC)c3ccc([n-]3)c(-c3cccc[n+]3CCOCCCCCC)c3nc(c(-c4cccc[n+]4CCOCCCCCC)c4ccc1[n-]4)C=C3)C=C2.[Mn+3]. The van der Waals surface area contributed by atoms with Crippen molar-refractivity contribution < 1.29 is 54.3 Å². The topological polar surface area (TPSA) is 106 Å². The first-order valence-corrected chi connectivity index (χ1v) is 31.9. The van der Waals surface area contributed by atoms with Crippen LogP contribution in [0.2, 0.25) is 0 Å².